The van der Waals surface area contributed by atoms with Crippen LogP contribution >= 0.6 is 24.8 Å². The molecule has 1 N–H and O–H groups in total. The summed E-state index contributed by atoms with van der Waals surface area (Å²) in [6.45, 7) is 3.40. The first-order valence-corrected chi connectivity index (χ1v) is 9.82. The van der Waals surface area contributed by atoms with Crippen molar-refractivity contribution in [3.8, 4) is 11.5 Å². The standard InChI is InChI=1S/C23H23F3N2O2.2ClH/c1-29-21-11-10-20(18-4-2-3-5-19(18)21)22(28-14-12-27-13-15-28)16-6-8-17(9-7-16)30-23(24,25)26;;/h2-11,22,27H,12-15H2,1H3;2*1H/t22-;;/m0../s1. The normalized spacial score (nSPS) is 15.4. The van der Waals surface area contributed by atoms with E-state index in [0.717, 1.165) is 53.8 Å². The predicted molar refractivity (Wildman–Crippen MR) is 124 cm³/mol. The van der Waals surface area contributed by atoms with E-state index in [2.05, 4.69) is 21.0 Å². The number of methoxy groups -OCH3 is 1. The molecule has 0 radical (unpaired) electrons. The molecule has 1 heterocycles. The lowest BCUT2D eigenvalue weighted by molar-refractivity contribution is -0.274. The lowest BCUT2D eigenvalue weighted by atomic mass is 9.91. The van der Waals surface area contributed by atoms with E-state index in [1.54, 1.807) is 19.2 Å². The lowest BCUT2D eigenvalue weighted by Crippen LogP contribution is -2.45. The Balaban J connectivity index is 0.00000181. The molecule has 4 rings (SSSR count). The monoisotopic (exact) mass is 488 g/mol. The number of hydrogen-bond acceptors (Lipinski definition) is 4. The molecular weight excluding hydrogens is 464 g/mol. The van der Waals surface area contributed by atoms with Gasteiger partial charge in [0.15, 0.2) is 0 Å². The second-order valence-electron chi connectivity index (χ2n) is 7.21. The van der Waals surface area contributed by atoms with E-state index in [1.807, 2.05) is 30.3 Å². The van der Waals surface area contributed by atoms with Gasteiger partial charge in [0.2, 0.25) is 0 Å². The van der Waals surface area contributed by atoms with Crippen LogP contribution in [-0.2, 0) is 0 Å². The number of ether oxygens (including phenoxy) is 2. The van der Waals surface area contributed by atoms with Crippen molar-refractivity contribution < 1.29 is 22.6 Å². The average molecular weight is 489 g/mol. The van der Waals surface area contributed by atoms with Gasteiger partial charge in [0.1, 0.15) is 11.5 Å². The summed E-state index contributed by atoms with van der Waals surface area (Å²) in [6, 6.07) is 18.1. The molecule has 3 aromatic carbocycles. The number of benzene rings is 3. The molecule has 0 aromatic heterocycles. The molecule has 174 valence electrons. The van der Waals surface area contributed by atoms with Crippen molar-refractivity contribution in [3.05, 3.63) is 71.8 Å². The van der Waals surface area contributed by atoms with E-state index < -0.39 is 6.36 Å². The molecule has 4 nitrogen and oxygen atoms in total. The maximum absolute atomic E-state index is 12.6. The van der Waals surface area contributed by atoms with E-state index in [1.165, 1.54) is 12.1 Å². The summed E-state index contributed by atoms with van der Waals surface area (Å²) < 4.78 is 47.2. The number of halogens is 5. The van der Waals surface area contributed by atoms with Crippen molar-refractivity contribution in [2.45, 2.75) is 12.4 Å². The fourth-order valence-electron chi connectivity index (χ4n) is 4.09. The van der Waals surface area contributed by atoms with Crippen LogP contribution in [0.3, 0.4) is 0 Å². The second kappa shape index (κ2) is 11.1. The van der Waals surface area contributed by atoms with Gasteiger partial charge in [-0.2, -0.15) is 0 Å². The van der Waals surface area contributed by atoms with Crippen molar-refractivity contribution in [1.82, 2.24) is 10.2 Å². The van der Waals surface area contributed by atoms with Crippen molar-refractivity contribution in [2.75, 3.05) is 33.3 Å². The molecule has 0 aliphatic carbocycles. The molecule has 1 saturated heterocycles. The maximum atomic E-state index is 12.6. The third-order valence-electron chi connectivity index (χ3n) is 5.38. The summed E-state index contributed by atoms with van der Waals surface area (Å²) in [5.74, 6) is 0.576. The number of hydrogen-bond donors (Lipinski definition) is 1. The fourth-order valence-corrected chi connectivity index (χ4v) is 4.09. The van der Waals surface area contributed by atoms with Gasteiger partial charge in [-0.3, -0.25) is 4.90 Å². The van der Waals surface area contributed by atoms with Crippen LogP contribution in [0.4, 0.5) is 13.2 Å². The van der Waals surface area contributed by atoms with E-state index in [9.17, 15) is 13.2 Å². The van der Waals surface area contributed by atoms with Crippen LogP contribution in [0.2, 0.25) is 0 Å². The molecule has 0 unspecified atom stereocenters. The van der Waals surface area contributed by atoms with E-state index in [0.29, 0.717) is 0 Å². The number of rotatable bonds is 5. The minimum absolute atomic E-state index is 0. The molecule has 1 aliphatic rings. The van der Waals surface area contributed by atoms with E-state index in [-0.39, 0.29) is 36.6 Å². The van der Waals surface area contributed by atoms with Crippen molar-refractivity contribution in [2.24, 2.45) is 0 Å². The molecule has 1 atom stereocenters. The van der Waals surface area contributed by atoms with Gasteiger partial charge in [-0.25, -0.2) is 0 Å². The van der Waals surface area contributed by atoms with Crippen LogP contribution in [0.25, 0.3) is 10.8 Å². The average Bonchev–Trinajstić information content (AvgIpc) is 2.75. The van der Waals surface area contributed by atoms with Gasteiger partial charge >= 0.3 is 6.36 Å². The van der Waals surface area contributed by atoms with Crippen molar-refractivity contribution >= 4 is 35.6 Å². The molecule has 1 fully saturated rings. The Labute approximate surface area is 197 Å². The van der Waals surface area contributed by atoms with Crippen molar-refractivity contribution in [3.63, 3.8) is 0 Å². The van der Waals surface area contributed by atoms with Crippen LogP contribution in [-0.4, -0.2) is 44.6 Å². The Hall–Kier alpha value is -2.19. The van der Waals surface area contributed by atoms with Gasteiger partial charge < -0.3 is 14.8 Å². The number of nitrogens with one attached hydrogen (secondary N) is 1. The highest BCUT2D eigenvalue weighted by Crippen LogP contribution is 2.38. The SMILES string of the molecule is COc1ccc([C@H](c2ccc(OC(F)(F)F)cc2)N2CCNCC2)c2ccccc12.Cl.Cl. The van der Waals surface area contributed by atoms with Crippen LogP contribution in [0.15, 0.2) is 60.7 Å². The molecule has 0 amide bonds. The Bertz CT molecular complexity index is 1010. The predicted octanol–water partition coefficient (Wildman–Crippen LogP) is 5.59. The van der Waals surface area contributed by atoms with Crippen LogP contribution in [0.1, 0.15) is 17.2 Å². The Morgan fingerprint density at radius 1 is 0.875 bits per heavy atom. The molecular formula is C23H25Cl2F3N2O2. The largest absolute Gasteiger partial charge is 0.573 e. The zero-order valence-corrected chi connectivity index (χ0v) is 19.0. The highest BCUT2D eigenvalue weighted by molar-refractivity contribution is 5.91. The van der Waals surface area contributed by atoms with Gasteiger partial charge in [0.25, 0.3) is 0 Å². The zero-order valence-electron chi connectivity index (χ0n) is 17.4. The van der Waals surface area contributed by atoms with Crippen LogP contribution in [0.5, 0.6) is 11.5 Å². The third kappa shape index (κ3) is 5.78. The minimum atomic E-state index is -4.70. The van der Waals surface area contributed by atoms with Crippen LogP contribution in [0, 0.1) is 0 Å². The molecule has 32 heavy (non-hydrogen) atoms. The molecule has 3 aromatic rings. The van der Waals surface area contributed by atoms with Crippen molar-refractivity contribution in [1.29, 1.82) is 0 Å². The Morgan fingerprint density at radius 3 is 2.09 bits per heavy atom. The van der Waals surface area contributed by atoms with E-state index in [4.69, 9.17) is 4.74 Å². The first kappa shape index (κ1) is 26.1. The highest BCUT2D eigenvalue weighted by atomic mass is 35.5. The fraction of sp³-hybridized carbons (Fsp3) is 0.304. The summed E-state index contributed by atoms with van der Waals surface area (Å²) in [6.07, 6.45) is -4.70. The van der Waals surface area contributed by atoms with Gasteiger partial charge in [0, 0.05) is 31.6 Å². The first-order chi connectivity index (χ1) is 14.5. The van der Waals surface area contributed by atoms with Gasteiger partial charge in [-0.05, 0) is 34.7 Å². The summed E-state index contributed by atoms with van der Waals surface area (Å²) in [4.78, 5) is 2.35. The first-order valence-electron chi connectivity index (χ1n) is 9.82. The highest BCUT2D eigenvalue weighted by Gasteiger charge is 2.31. The smallest absolute Gasteiger partial charge is 0.496 e. The third-order valence-corrected chi connectivity index (χ3v) is 5.38. The number of alkyl halides is 3. The van der Waals surface area contributed by atoms with Gasteiger partial charge in [0.05, 0.1) is 13.2 Å². The topological polar surface area (TPSA) is 33.7 Å². The van der Waals surface area contributed by atoms with Gasteiger partial charge in [-0.15, -0.1) is 38.0 Å². The molecule has 1 aliphatic heterocycles. The lowest BCUT2D eigenvalue weighted by Gasteiger charge is -2.36. The molecule has 0 saturated carbocycles. The minimum Gasteiger partial charge on any atom is -0.496 e. The summed E-state index contributed by atoms with van der Waals surface area (Å²) in [5, 5.41) is 5.43. The summed E-state index contributed by atoms with van der Waals surface area (Å²) in [5.41, 5.74) is 2.01. The summed E-state index contributed by atoms with van der Waals surface area (Å²) in [7, 11) is 1.65. The van der Waals surface area contributed by atoms with Crippen LogP contribution < -0.4 is 14.8 Å². The van der Waals surface area contributed by atoms with E-state index >= 15 is 0 Å². The zero-order chi connectivity index (χ0) is 21.1. The molecule has 0 bridgehead atoms. The second-order valence-corrected chi connectivity index (χ2v) is 7.21. The Morgan fingerprint density at radius 2 is 1.50 bits per heavy atom. The molecule has 0 spiro atoms. The Kier molecular flexibility index (Phi) is 9.04. The number of piperazine rings is 1. The number of nitrogens with zero attached hydrogens (tertiary/aromatic N) is 1. The maximum Gasteiger partial charge on any atom is 0.573 e. The quantitative estimate of drug-likeness (QED) is 0.507. The van der Waals surface area contributed by atoms with Gasteiger partial charge in [-0.1, -0.05) is 42.5 Å². The molecule has 9 heteroatoms. The number of fused-ring (bicyclic) bond motifs is 1. The summed E-state index contributed by atoms with van der Waals surface area (Å²) >= 11 is 0.